The number of fused-ring (bicyclic) bond motifs is 1. The van der Waals surface area contributed by atoms with Crippen molar-refractivity contribution < 1.29 is 19.1 Å². The van der Waals surface area contributed by atoms with Gasteiger partial charge in [-0.2, -0.15) is 0 Å². The highest BCUT2D eigenvalue weighted by Gasteiger charge is 2.47. The highest BCUT2D eigenvalue weighted by molar-refractivity contribution is 6.05. The van der Waals surface area contributed by atoms with Crippen LogP contribution in [-0.4, -0.2) is 54.0 Å². The van der Waals surface area contributed by atoms with Gasteiger partial charge in [-0.15, -0.1) is 0 Å². The third-order valence-corrected chi connectivity index (χ3v) is 5.52. The lowest BCUT2D eigenvalue weighted by Gasteiger charge is -2.25. The zero-order valence-corrected chi connectivity index (χ0v) is 15.4. The normalized spacial score (nSPS) is 25.2. The molecule has 0 radical (unpaired) electrons. The van der Waals surface area contributed by atoms with Crippen molar-refractivity contribution in [3.63, 3.8) is 0 Å². The van der Waals surface area contributed by atoms with Crippen molar-refractivity contribution in [2.75, 3.05) is 13.2 Å². The van der Waals surface area contributed by atoms with Crippen LogP contribution in [0.5, 0.6) is 0 Å². The fraction of sp³-hybridized carbons (Fsp3) is 0.550. The Morgan fingerprint density at radius 3 is 2.74 bits per heavy atom. The first-order valence-electron chi connectivity index (χ1n) is 9.66. The zero-order chi connectivity index (χ0) is 19.0. The van der Waals surface area contributed by atoms with Crippen LogP contribution in [0.2, 0.25) is 0 Å². The molecule has 2 aliphatic heterocycles. The van der Waals surface area contributed by atoms with E-state index in [0.717, 1.165) is 37.9 Å². The molecule has 2 fully saturated rings. The van der Waals surface area contributed by atoms with E-state index in [9.17, 15) is 14.4 Å². The van der Waals surface area contributed by atoms with Gasteiger partial charge in [0.25, 0.3) is 5.91 Å². The Balaban J connectivity index is 1.38. The van der Waals surface area contributed by atoms with Gasteiger partial charge < -0.3 is 20.3 Å². The zero-order valence-electron chi connectivity index (χ0n) is 15.4. The molecule has 1 aliphatic carbocycles. The van der Waals surface area contributed by atoms with Crippen LogP contribution in [0, 0.1) is 0 Å². The largest absolute Gasteiger partial charge is 0.376 e. The molecule has 0 unspecified atom stereocenters. The van der Waals surface area contributed by atoms with Crippen molar-refractivity contribution in [3.8, 4) is 0 Å². The van der Waals surface area contributed by atoms with Gasteiger partial charge in [-0.1, -0.05) is 18.2 Å². The first kappa shape index (κ1) is 18.0. The van der Waals surface area contributed by atoms with Gasteiger partial charge in [0.2, 0.25) is 11.8 Å². The topological polar surface area (TPSA) is 87.7 Å². The van der Waals surface area contributed by atoms with Crippen LogP contribution in [0.3, 0.4) is 0 Å². The van der Waals surface area contributed by atoms with Crippen LogP contribution in [0.1, 0.15) is 54.6 Å². The summed E-state index contributed by atoms with van der Waals surface area (Å²) in [6.07, 6.45) is 3.82. The van der Waals surface area contributed by atoms with E-state index in [1.165, 1.54) is 0 Å². The van der Waals surface area contributed by atoms with E-state index < -0.39 is 6.04 Å². The number of rotatable bonds is 6. The first-order valence-corrected chi connectivity index (χ1v) is 9.66. The summed E-state index contributed by atoms with van der Waals surface area (Å²) in [7, 11) is 0. The highest BCUT2D eigenvalue weighted by atomic mass is 16.5. The molecule has 3 amide bonds. The number of nitrogens with one attached hydrogen (secondary N) is 2. The van der Waals surface area contributed by atoms with Crippen molar-refractivity contribution in [1.29, 1.82) is 0 Å². The summed E-state index contributed by atoms with van der Waals surface area (Å²) in [6, 6.07) is 6.60. The average molecular weight is 371 g/mol. The molecule has 0 bridgehead atoms. The Hall–Kier alpha value is -2.41. The Kier molecular flexibility index (Phi) is 4.86. The third kappa shape index (κ3) is 3.56. The first-order chi connectivity index (χ1) is 13.1. The molecule has 4 rings (SSSR count). The molecule has 144 valence electrons. The molecule has 3 atom stereocenters. The van der Waals surface area contributed by atoms with E-state index in [1.54, 1.807) is 11.0 Å². The minimum absolute atomic E-state index is 0.0364. The van der Waals surface area contributed by atoms with Crippen LogP contribution in [-0.2, 0) is 14.3 Å². The molecule has 2 heterocycles. The van der Waals surface area contributed by atoms with E-state index in [0.29, 0.717) is 5.56 Å². The molecule has 0 aromatic heterocycles. The summed E-state index contributed by atoms with van der Waals surface area (Å²) in [5, 5.41) is 5.59. The molecule has 1 saturated carbocycles. The SMILES string of the molecule is C[C@H](NC(=O)CNC(=O)[C@H]1c2ccccc2C(=O)N1C1CC1)[C@H]1CCCO1. The maximum atomic E-state index is 12.8. The molecule has 0 spiro atoms. The standard InChI is InChI=1S/C20H25N3O4/c1-12(16-7-4-10-27-16)22-17(24)11-21-19(25)18-14-5-2-3-6-15(14)20(26)23(18)13-8-9-13/h2-3,5-6,12-13,16,18H,4,7-11H2,1H3,(H,21,25)(H,22,24)/t12-,16+,18+/m0/s1. The van der Waals surface area contributed by atoms with Crippen LogP contribution >= 0.6 is 0 Å². The van der Waals surface area contributed by atoms with E-state index in [4.69, 9.17) is 4.74 Å². The second-order valence-electron chi connectivity index (χ2n) is 7.56. The van der Waals surface area contributed by atoms with Crippen molar-refractivity contribution in [2.45, 2.75) is 56.8 Å². The fourth-order valence-corrected chi connectivity index (χ4v) is 3.99. The van der Waals surface area contributed by atoms with Crippen LogP contribution in [0.15, 0.2) is 24.3 Å². The molecule has 2 N–H and O–H groups in total. The van der Waals surface area contributed by atoms with Gasteiger partial charge in [0.05, 0.1) is 18.7 Å². The molecule has 7 heteroatoms. The quantitative estimate of drug-likeness (QED) is 0.785. The maximum absolute atomic E-state index is 12.8. The number of nitrogens with zero attached hydrogens (tertiary/aromatic N) is 1. The Morgan fingerprint density at radius 2 is 2.04 bits per heavy atom. The molecule has 1 saturated heterocycles. The number of hydrogen-bond donors (Lipinski definition) is 2. The van der Waals surface area contributed by atoms with E-state index in [1.807, 2.05) is 25.1 Å². The third-order valence-electron chi connectivity index (χ3n) is 5.52. The summed E-state index contributed by atoms with van der Waals surface area (Å²) < 4.78 is 5.57. The molecular formula is C20H25N3O4. The lowest BCUT2D eigenvalue weighted by Crippen LogP contribution is -2.47. The monoisotopic (exact) mass is 371 g/mol. The summed E-state index contributed by atoms with van der Waals surface area (Å²) in [5.41, 5.74) is 1.31. The summed E-state index contributed by atoms with van der Waals surface area (Å²) in [5.74, 6) is -0.647. The molecule has 1 aromatic rings. The number of benzene rings is 1. The smallest absolute Gasteiger partial charge is 0.255 e. The van der Waals surface area contributed by atoms with Crippen LogP contribution < -0.4 is 10.6 Å². The van der Waals surface area contributed by atoms with Gasteiger partial charge in [0.1, 0.15) is 6.04 Å². The van der Waals surface area contributed by atoms with Crippen molar-refractivity contribution >= 4 is 17.7 Å². The van der Waals surface area contributed by atoms with Gasteiger partial charge in [-0.25, -0.2) is 0 Å². The van der Waals surface area contributed by atoms with Gasteiger partial charge in [0, 0.05) is 18.2 Å². The number of hydrogen-bond acceptors (Lipinski definition) is 4. The summed E-state index contributed by atoms with van der Waals surface area (Å²) in [6.45, 7) is 2.53. The summed E-state index contributed by atoms with van der Waals surface area (Å²) in [4.78, 5) is 39.4. The van der Waals surface area contributed by atoms with Gasteiger partial charge >= 0.3 is 0 Å². The highest BCUT2D eigenvalue weighted by Crippen LogP contribution is 2.41. The number of carbonyl (C=O) groups excluding carboxylic acids is 3. The lowest BCUT2D eigenvalue weighted by atomic mass is 10.0. The predicted octanol–water partition coefficient (Wildman–Crippen LogP) is 1.15. The molecule has 7 nitrogen and oxygen atoms in total. The second kappa shape index (κ2) is 7.31. The van der Waals surface area contributed by atoms with Gasteiger partial charge in [-0.3, -0.25) is 14.4 Å². The van der Waals surface area contributed by atoms with Crippen LogP contribution in [0.25, 0.3) is 0 Å². The fourth-order valence-electron chi connectivity index (χ4n) is 3.99. The van der Waals surface area contributed by atoms with E-state index >= 15 is 0 Å². The average Bonchev–Trinajstić information content (AvgIpc) is 3.25. The maximum Gasteiger partial charge on any atom is 0.255 e. The summed E-state index contributed by atoms with van der Waals surface area (Å²) >= 11 is 0. The van der Waals surface area contributed by atoms with E-state index in [2.05, 4.69) is 10.6 Å². The second-order valence-corrected chi connectivity index (χ2v) is 7.56. The minimum atomic E-state index is -0.649. The van der Waals surface area contributed by atoms with Gasteiger partial charge in [-0.05, 0) is 44.2 Å². The number of carbonyl (C=O) groups is 3. The lowest BCUT2D eigenvalue weighted by molar-refractivity contribution is -0.129. The predicted molar refractivity (Wildman–Crippen MR) is 98.0 cm³/mol. The molecular weight excluding hydrogens is 346 g/mol. The van der Waals surface area contributed by atoms with E-state index in [-0.39, 0.29) is 42.5 Å². The molecule has 3 aliphatic rings. The Labute approximate surface area is 158 Å². The number of ether oxygens (including phenoxy) is 1. The molecule has 27 heavy (non-hydrogen) atoms. The van der Waals surface area contributed by atoms with Crippen molar-refractivity contribution in [2.24, 2.45) is 0 Å². The van der Waals surface area contributed by atoms with Gasteiger partial charge in [0.15, 0.2) is 0 Å². The van der Waals surface area contributed by atoms with Crippen LogP contribution in [0.4, 0.5) is 0 Å². The Morgan fingerprint density at radius 1 is 1.26 bits per heavy atom. The van der Waals surface area contributed by atoms with Crippen molar-refractivity contribution in [1.82, 2.24) is 15.5 Å². The minimum Gasteiger partial charge on any atom is -0.376 e. The Bertz CT molecular complexity index is 755. The number of amides is 3. The van der Waals surface area contributed by atoms with Crippen molar-refractivity contribution in [3.05, 3.63) is 35.4 Å². The molecule has 1 aromatic carbocycles.